The Labute approximate surface area is 112 Å². The summed E-state index contributed by atoms with van der Waals surface area (Å²) < 4.78 is 6.25. The third kappa shape index (κ3) is 2.84. The third-order valence-corrected chi connectivity index (χ3v) is 2.70. The van der Waals surface area contributed by atoms with E-state index in [2.05, 4.69) is 20.9 Å². The van der Waals surface area contributed by atoms with Crippen LogP contribution < -0.4 is 4.74 Å². The summed E-state index contributed by atoms with van der Waals surface area (Å²) in [4.78, 5) is 14.4. The molecule has 0 atom stereocenters. The lowest BCUT2D eigenvalue weighted by atomic mass is 10.2. The monoisotopic (exact) mass is 308 g/mol. The highest BCUT2D eigenvalue weighted by Crippen LogP contribution is 2.31. The zero-order valence-electron chi connectivity index (χ0n) is 9.46. The molecule has 6 heteroatoms. The van der Waals surface area contributed by atoms with E-state index in [9.17, 15) is 10.1 Å². The average molecular weight is 309 g/mol. The van der Waals surface area contributed by atoms with Crippen molar-refractivity contribution in [1.29, 1.82) is 0 Å². The van der Waals surface area contributed by atoms with Gasteiger partial charge in [0.05, 0.1) is 4.92 Å². The van der Waals surface area contributed by atoms with Gasteiger partial charge in [-0.25, -0.2) is 4.98 Å². The van der Waals surface area contributed by atoms with Crippen molar-refractivity contribution < 1.29 is 9.66 Å². The van der Waals surface area contributed by atoms with Crippen molar-refractivity contribution in [3.8, 4) is 11.6 Å². The lowest BCUT2D eigenvalue weighted by molar-refractivity contribution is -0.385. The molecule has 2 aromatic rings. The SMILES string of the molecule is Cc1ccc([N+](=O)[O-])c(Oc2ccc(Br)cn2)c1. The maximum absolute atomic E-state index is 10.9. The van der Waals surface area contributed by atoms with Crippen molar-refractivity contribution in [3.05, 3.63) is 56.7 Å². The van der Waals surface area contributed by atoms with Crippen LogP contribution in [0.1, 0.15) is 5.56 Å². The van der Waals surface area contributed by atoms with Gasteiger partial charge in [-0.15, -0.1) is 0 Å². The minimum atomic E-state index is -0.479. The summed E-state index contributed by atoms with van der Waals surface area (Å²) in [6.45, 7) is 1.84. The third-order valence-electron chi connectivity index (χ3n) is 2.23. The molecule has 0 unspecified atom stereocenters. The predicted octanol–water partition coefficient (Wildman–Crippen LogP) is 3.85. The van der Waals surface area contributed by atoms with Gasteiger partial charge in [0, 0.05) is 22.8 Å². The Morgan fingerprint density at radius 2 is 2.11 bits per heavy atom. The first-order valence-electron chi connectivity index (χ1n) is 5.11. The number of nitro groups is 1. The van der Waals surface area contributed by atoms with Crippen LogP contribution in [-0.4, -0.2) is 9.91 Å². The quantitative estimate of drug-likeness (QED) is 0.638. The van der Waals surface area contributed by atoms with Crippen LogP contribution in [0.4, 0.5) is 5.69 Å². The fraction of sp³-hybridized carbons (Fsp3) is 0.0833. The summed E-state index contributed by atoms with van der Waals surface area (Å²) >= 11 is 3.25. The molecule has 18 heavy (non-hydrogen) atoms. The molecule has 0 aliphatic heterocycles. The molecule has 1 heterocycles. The molecule has 0 radical (unpaired) electrons. The number of hydrogen-bond acceptors (Lipinski definition) is 4. The molecule has 1 aromatic heterocycles. The summed E-state index contributed by atoms with van der Waals surface area (Å²) in [6.07, 6.45) is 1.57. The van der Waals surface area contributed by atoms with Crippen LogP contribution in [0.2, 0.25) is 0 Å². The van der Waals surface area contributed by atoms with Crippen LogP contribution in [0.5, 0.6) is 11.6 Å². The molecular weight excluding hydrogens is 300 g/mol. The van der Waals surface area contributed by atoms with Crippen molar-refractivity contribution in [3.63, 3.8) is 0 Å². The number of halogens is 1. The second kappa shape index (κ2) is 5.14. The minimum Gasteiger partial charge on any atom is -0.432 e. The topological polar surface area (TPSA) is 65.3 Å². The van der Waals surface area contributed by atoms with Crippen LogP contribution >= 0.6 is 15.9 Å². The molecule has 2 rings (SSSR count). The van der Waals surface area contributed by atoms with Crippen molar-refractivity contribution in [1.82, 2.24) is 4.98 Å². The molecule has 92 valence electrons. The number of rotatable bonds is 3. The standard InChI is InChI=1S/C12H9BrN2O3/c1-8-2-4-10(15(16)17)11(6-8)18-12-5-3-9(13)7-14-12/h2-7H,1H3. The van der Waals surface area contributed by atoms with E-state index in [1.54, 1.807) is 30.5 Å². The second-order valence-corrected chi connectivity index (χ2v) is 4.56. The van der Waals surface area contributed by atoms with Gasteiger partial charge in [-0.05, 0) is 40.5 Å². The van der Waals surface area contributed by atoms with Gasteiger partial charge >= 0.3 is 5.69 Å². The second-order valence-electron chi connectivity index (χ2n) is 3.65. The Morgan fingerprint density at radius 3 is 2.72 bits per heavy atom. The first kappa shape index (κ1) is 12.5. The summed E-state index contributed by atoms with van der Waals surface area (Å²) in [5.74, 6) is 0.502. The van der Waals surface area contributed by atoms with E-state index in [1.165, 1.54) is 6.07 Å². The van der Waals surface area contributed by atoms with E-state index in [-0.39, 0.29) is 11.4 Å². The number of pyridine rings is 1. The molecule has 1 aromatic carbocycles. The van der Waals surface area contributed by atoms with Crippen LogP contribution in [0, 0.1) is 17.0 Å². The van der Waals surface area contributed by atoms with Gasteiger partial charge in [-0.3, -0.25) is 10.1 Å². The van der Waals surface area contributed by atoms with Gasteiger partial charge < -0.3 is 4.74 Å². The minimum absolute atomic E-state index is 0.0784. The van der Waals surface area contributed by atoms with E-state index in [0.29, 0.717) is 5.88 Å². The van der Waals surface area contributed by atoms with Crippen molar-refractivity contribution in [2.75, 3.05) is 0 Å². The molecule has 0 aliphatic rings. The Bertz CT molecular complexity index is 584. The molecule has 0 amide bonds. The fourth-order valence-electron chi connectivity index (χ4n) is 1.39. The number of hydrogen-bond donors (Lipinski definition) is 0. The zero-order valence-corrected chi connectivity index (χ0v) is 11.0. The summed E-state index contributed by atoms with van der Waals surface area (Å²) in [6, 6.07) is 8.09. The van der Waals surface area contributed by atoms with Crippen molar-refractivity contribution in [2.45, 2.75) is 6.92 Å². The Hall–Kier alpha value is -1.95. The molecule has 0 saturated heterocycles. The van der Waals surface area contributed by atoms with Gasteiger partial charge in [0.15, 0.2) is 0 Å². The normalized spacial score (nSPS) is 10.1. The molecule has 0 aliphatic carbocycles. The highest BCUT2D eigenvalue weighted by atomic mass is 79.9. The first-order chi connectivity index (χ1) is 8.56. The molecule has 0 fully saturated rings. The molecule has 0 bridgehead atoms. The van der Waals surface area contributed by atoms with E-state index < -0.39 is 4.92 Å². The van der Waals surface area contributed by atoms with Gasteiger partial charge in [0.25, 0.3) is 0 Å². The Kier molecular flexibility index (Phi) is 3.57. The number of benzene rings is 1. The summed E-state index contributed by atoms with van der Waals surface area (Å²) in [7, 11) is 0. The number of nitrogens with zero attached hydrogens (tertiary/aromatic N) is 2. The molecule has 5 nitrogen and oxygen atoms in total. The summed E-state index contributed by atoms with van der Waals surface area (Å²) in [5.41, 5.74) is 0.804. The van der Waals surface area contributed by atoms with E-state index in [1.807, 2.05) is 6.92 Å². The van der Waals surface area contributed by atoms with Gasteiger partial charge in [0.1, 0.15) is 0 Å². The smallest absolute Gasteiger partial charge is 0.311 e. The predicted molar refractivity (Wildman–Crippen MR) is 69.8 cm³/mol. The molecule has 0 saturated carbocycles. The fourth-order valence-corrected chi connectivity index (χ4v) is 1.62. The van der Waals surface area contributed by atoms with Crippen molar-refractivity contribution >= 4 is 21.6 Å². The summed E-state index contributed by atoms with van der Waals surface area (Å²) in [5, 5.41) is 10.9. The Balaban J connectivity index is 2.35. The highest BCUT2D eigenvalue weighted by molar-refractivity contribution is 9.10. The van der Waals surface area contributed by atoms with Crippen molar-refractivity contribution in [2.24, 2.45) is 0 Å². The van der Waals surface area contributed by atoms with Gasteiger partial charge in [-0.1, -0.05) is 6.07 Å². The van der Waals surface area contributed by atoms with E-state index in [4.69, 9.17) is 4.74 Å². The maximum atomic E-state index is 10.9. The van der Waals surface area contributed by atoms with Crippen LogP contribution in [-0.2, 0) is 0 Å². The van der Waals surface area contributed by atoms with Gasteiger partial charge in [0.2, 0.25) is 11.6 Å². The number of aryl methyl sites for hydroxylation is 1. The Morgan fingerprint density at radius 1 is 1.33 bits per heavy atom. The van der Waals surface area contributed by atoms with E-state index in [0.717, 1.165) is 10.0 Å². The maximum Gasteiger partial charge on any atom is 0.311 e. The first-order valence-corrected chi connectivity index (χ1v) is 5.90. The largest absolute Gasteiger partial charge is 0.432 e. The average Bonchev–Trinajstić information content (AvgIpc) is 2.32. The number of aromatic nitrogens is 1. The molecule has 0 N–H and O–H groups in total. The number of ether oxygens (including phenoxy) is 1. The molecular formula is C12H9BrN2O3. The van der Waals surface area contributed by atoms with Gasteiger partial charge in [-0.2, -0.15) is 0 Å². The van der Waals surface area contributed by atoms with Crippen LogP contribution in [0.15, 0.2) is 41.0 Å². The van der Waals surface area contributed by atoms with Crippen LogP contribution in [0.25, 0.3) is 0 Å². The lowest BCUT2D eigenvalue weighted by Crippen LogP contribution is -1.95. The zero-order chi connectivity index (χ0) is 13.1. The lowest BCUT2D eigenvalue weighted by Gasteiger charge is -2.06. The van der Waals surface area contributed by atoms with Crippen LogP contribution in [0.3, 0.4) is 0 Å². The highest BCUT2D eigenvalue weighted by Gasteiger charge is 2.15. The van der Waals surface area contributed by atoms with E-state index >= 15 is 0 Å². The number of nitro benzene ring substituents is 1. The molecule has 0 spiro atoms.